The van der Waals surface area contributed by atoms with Gasteiger partial charge < -0.3 is 9.80 Å². The minimum Gasteiger partial charge on any atom is -0.310 e. The fourth-order valence-corrected chi connectivity index (χ4v) is 9.04. The van der Waals surface area contributed by atoms with Gasteiger partial charge in [-0.15, -0.1) is 0 Å². The largest absolute Gasteiger partial charge is 0.310 e. The molecule has 0 aliphatic heterocycles. The molecule has 0 radical (unpaired) electrons. The molecule has 0 unspecified atom stereocenters. The summed E-state index contributed by atoms with van der Waals surface area (Å²) in [6, 6.07) is 57.7. The van der Waals surface area contributed by atoms with Crippen molar-refractivity contribution in [3.8, 4) is 22.3 Å². The van der Waals surface area contributed by atoms with Gasteiger partial charge in [-0.05, 0) is 154 Å². The SMILES string of the molecule is Cc1cc(N(c2ccccc2)c2ccccc2)cc2c1-c1cc3c(cc1C2(C)C)-c1c(C)cc(N(c2ccccc2)c2ccccc2)cc1C3(C)C. The Hall–Kier alpha value is -5.86. The van der Waals surface area contributed by atoms with Crippen LogP contribution in [0.4, 0.5) is 34.1 Å². The molecule has 7 aromatic rings. The maximum Gasteiger partial charge on any atom is 0.0467 e. The number of nitrogens with zero attached hydrogens (tertiary/aromatic N) is 2. The summed E-state index contributed by atoms with van der Waals surface area (Å²) in [5, 5.41) is 0. The van der Waals surface area contributed by atoms with Crippen molar-refractivity contribution in [2.75, 3.05) is 9.80 Å². The molecule has 0 heterocycles. The van der Waals surface area contributed by atoms with Gasteiger partial charge in [-0.2, -0.15) is 0 Å². The fraction of sp³-hybridized carbons (Fsp3) is 0.160. The molecule has 7 aromatic carbocycles. The molecule has 0 amide bonds. The zero-order valence-electron chi connectivity index (χ0n) is 30.9. The van der Waals surface area contributed by atoms with Gasteiger partial charge in [-0.3, -0.25) is 0 Å². The van der Waals surface area contributed by atoms with E-state index in [9.17, 15) is 0 Å². The van der Waals surface area contributed by atoms with Gasteiger partial charge in [-0.25, -0.2) is 0 Å². The van der Waals surface area contributed by atoms with Gasteiger partial charge in [0, 0.05) is 45.0 Å². The number of aryl methyl sites for hydroxylation is 2. The van der Waals surface area contributed by atoms with E-state index in [4.69, 9.17) is 0 Å². The van der Waals surface area contributed by atoms with Crippen molar-refractivity contribution in [3.05, 3.63) is 191 Å². The third-order valence-electron chi connectivity index (χ3n) is 11.6. The normalized spacial score (nSPS) is 14.3. The van der Waals surface area contributed by atoms with Crippen LogP contribution in [0.15, 0.2) is 158 Å². The van der Waals surface area contributed by atoms with Crippen molar-refractivity contribution < 1.29 is 0 Å². The van der Waals surface area contributed by atoms with Crippen LogP contribution in [0.25, 0.3) is 22.3 Å². The molecule has 0 atom stereocenters. The molecule has 0 spiro atoms. The highest BCUT2D eigenvalue weighted by molar-refractivity contribution is 5.94. The van der Waals surface area contributed by atoms with Crippen LogP contribution in [0, 0.1) is 13.8 Å². The first-order chi connectivity index (χ1) is 25.1. The Morgan fingerprint density at radius 3 is 0.904 bits per heavy atom. The van der Waals surface area contributed by atoms with E-state index in [1.807, 2.05) is 0 Å². The summed E-state index contributed by atoms with van der Waals surface area (Å²) in [4.78, 5) is 4.78. The monoisotopic (exact) mass is 672 g/mol. The topological polar surface area (TPSA) is 6.48 Å². The van der Waals surface area contributed by atoms with Gasteiger partial charge in [0.05, 0.1) is 0 Å². The minimum absolute atomic E-state index is 0.169. The average Bonchev–Trinajstić information content (AvgIpc) is 3.52. The summed E-state index contributed by atoms with van der Waals surface area (Å²) in [5.74, 6) is 0. The lowest BCUT2D eigenvalue weighted by Gasteiger charge is -2.29. The second-order valence-electron chi connectivity index (χ2n) is 15.6. The number of fused-ring (bicyclic) bond motifs is 6. The summed E-state index contributed by atoms with van der Waals surface area (Å²) in [5.41, 5.74) is 20.4. The third-order valence-corrected chi connectivity index (χ3v) is 11.6. The van der Waals surface area contributed by atoms with E-state index >= 15 is 0 Å². The van der Waals surface area contributed by atoms with Crippen LogP contribution in [0.5, 0.6) is 0 Å². The van der Waals surface area contributed by atoms with Gasteiger partial charge in [0.25, 0.3) is 0 Å². The summed E-state index contributed by atoms with van der Waals surface area (Å²) in [7, 11) is 0. The van der Waals surface area contributed by atoms with E-state index in [1.165, 1.54) is 67.0 Å². The maximum absolute atomic E-state index is 2.54. The van der Waals surface area contributed by atoms with Crippen molar-refractivity contribution in [2.45, 2.75) is 52.4 Å². The molecule has 52 heavy (non-hydrogen) atoms. The van der Waals surface area contributed by atoms with Crippen molar-refractivity contribution in [1.29, 1.82) is 0 Å². The molecule has 0 bridgehead atoms. The quantitative estimate of drug-likeness (QED) is 0.173. The Kier molecular flexibility index (Phi) is 7.31. The maximum atomic E-state index is 2.54. The Morgan fingerprint density at radius 2 is 0.615 bits per heavy atom. The molecule has 0 N–H and O–H groups in total. The summed E-state index contributed by atoms with van der Waals surface area (Å²) >= 11 is 0. The molecule has 0 saturated carbocycles. The Labute approximate surface area is 308 Å². The lowest BCUT2D eigenvalue weighted by atomic mass is 9.79. The van der Waals surface area contributed by atoms with E-state index < -0.39 is 0 Å². The lowest BCUT2D eigenvalue weighted by molar-refractivity contribution is 0.652. The second kappa shape index (κ2) is 11.9. The van der Waals surface area contributed by atoms with Crippen molar-refractivity contribution in [1.82, 2.24) is 0 Å². The molecule has 0 saturated heterocycles. The van der Waals surface area contributed by atoms with E-state index in [2.05, 4.69) is 209 Å². The average molecular weight is 673 g/mol. The molecule has 2 aliphatic carbocycles. The summed E-state index contributed by atoms with van der Waals surface area (Å²) in [6.07, 6.45) is 0. The minimum atomic E-state index is -0.169. The summed E-state index contributed by atoms with van der Waals surface area (Å²) < 4.78 is 0. The smallest absolute Gasteiger partial charge is 0.0467 e. The highest BCUT2D eigenvalue weighted by Gasteiger charge is 2.43. The predicted molar refractivity (Wildman–Crippen MR) is 220 cm³/mol. The van der Waals surface area contributed by atoms with E-state index in [0.29, 0.717) is 0 Å². The number of para-hydroxylation sites is 4. The molecule has 9 rings (SSSR count). The van der Waals surface area contributed by atoms with Gasteiger partial charge in [0.2, 0.25) is 0 Å². The first-order valence-corrected chi connectivity index (χ1v) is 18.4. The molecule has 0 fully saturated rings. The van der Waals surface area contributed by atoms with Crippen molar-refractivity contribution in [3.63, 3.8) is 0 Å². The molecule has 2 aliphatic rings. The fourth-order valence-electron chi connectivity index (χ4n) is 9.04. The highest BCUT2D eigenvalue weighted by Crippen LogP contribution is 2.58. The van der Waals surface area contributed by atoms with Crippen molar-refractivity contribution >= 4 is 34.1 Å². The van der Waals surface area contributed by atoms with Crippen LogP contribution in [0.2, 0.25) is 0 Å². The Morgan fingerprint density at radius 1 is 0.327 bits per heavy atom. The van der Waals surface area contributed by atoms with E-state index in [-0.39, 0.29) is 10.8 Å². The molecule has 2 heteroatoms. The molecular formula is C50H44N2. The van der Waals surface area contributed by atoms with Gasteiger partial charge in [0.1, 0.15) is 0 Å². The predicted octanol–water partition coefficient (Wildman–Crippen LogP) is 13.9. The number of hydrogen-bond donors (Lipinski definition) is 0. The van der Waals surface area contributed by atoms with Crippen LogP contribution in [0.3, 0.4) is 0 Å². The van der Waals surface area contributed by atoms with Crippen molar-refractivity contribution in [2.24, 2.45) is 0 Å². The number of benzene rings is 7. The van der Waals surface area contributed by atoms with Crippen LogP contribution < -0.4 is 9.80 Å². The van der Waals surface area contributed by atoms with E-state index in [0.717, 1.165) is 22.7 Å². The lowest BCUT2D eigenvalue weighted by Crippen LogP contribution is -2.18. The van der Waals surface area contributed by atoms with Gasteiger partial charge in [0.15, 0.2) is 0 Å². The third kappa shape index (κ3) is 4.85. The first-order valence-electron chi connectivity index (χ1n) is 18.4. The standard InChI is InChI=1S/C50H44N2/c1-33-27-39(51(35-19-11-7-12-20-35)36-21-13-8-14-22-36)29-45-47(33)41-31-44-42(32-43(41)49(45,3)4)48-34(2)28-40(30-46(48)50(44,5)6)52(37-23-15-9-16-24-37)38-25-17-10-18-26-38/h7-32H,1-6H3. The van der Waals surface area contributed by atoms with Gasteiger partial charge in [-0.1, -0.05) is 100 Å². The highest BCUT2D eigenvalue weighted by atomic mass is 15.1. The molecular weight excluding hydrogens is 629 g/mol. The van der Waals surface area contributed by atoms with Crippen LogP contribution in [0.1, 0.15) is 61.1 Å². The second-order valence-corrected chi connectivity index (χ2v) is 15.6. The van der Waals surface area contributed by atoms with Crippen LogP contribution >= 0.6 is 0 Å². The summed E-state index contributed by atoms with van der Waals surface area (Å²) in [6.45, 7) is 14.3. The van der Waals surface area contributed by atoms with Gasteiger partial charge >= 0.3 is 0 Å². The molecule has 2 nitrogen and oxygen atoms in total. The first kappa shape index (κ1) is 32.1. The van der Waals surface area contributed by atoms with Crippen LogP contribution in [-0.4, -0.2) is 0 Å². The molecule has 0 aromatic heterocycles. The number of anilines is 6. The Balaban J connectivity index is 1.19. The van der Waals surface area contributed by atoms with Crippen LogP contribution in [-0.2, 0) is 10.8 Å². The number of hydrogen-bond acceptors (Lipinski definition) is 2. The number of rotatable bonds is 6. The van der Waals surface area contributed by atoms with E-state index in [1.54, 1.807) is 0 Å². The zero-order chi connectivity index (χ0) is 35.8. The zero-order valence-corrected chi connectivity index (χ0v) is 30.9. The molecule has 254 valence electrons. The Bertz CT molecular complexity index is 2210.